The van der Waals surface area contributed by atoms with Crippen LogP contribution in [0.2, 0.25) is 0 Å². The molecular formula is C13H28N2O. The Hall–Kier alpha value is -0.120. The summed E-state index contributed by atoms with van der Waals surface area (Å²) in [7, 11) is 3.91. The van der Waals surface area contributed by atoms with Crippen LogP contribution in [0, 0.1) is 5.41 Å². The molecule has 1 saturated carbocycles. The number of hydrogen-bond acceptors (Lipinski definition) is 3. The summed E-state index contributed by atoms with van der Waals surface area (Å²) >= 11 is 0. The van der Waals surface area contributed by atoms with E-state index in [2.05, 4.69) is 31.1 Å². The minimum absolute atomic E-state index is 0.555. The lowest BCUT2D eigenvalue weighted by molar-refractivity contribution is 0.161. The third kappa shape index (κ3) is 5.28. The average Bonchev–Trinajstić information content (AvgIpc) is 2.55. The first-order valence-electron chi connectivity index (χ1n) is 6.44. The van der Waals surface area contributed by atoms with Gasteiger partial charge >= 0.3 is 0 Å². The Bertz CT molecular complexity index is 194. The van der Waals surface area contributed by atoms with Crippen LogP contribution in [0.25, 0.3) is 0 Å². The number of rotatable bonds is 7. The molecule has 0 aromatic carbocycles. The molecule has 1 atom stereocenters. The lowest BCUT2D eigenvalue weighted by Gasteiger charge is -2.20. The number of methoxy groups -OCH3 is 1. The van der Waals surface area contributed by atoms with Gasteiger partial charge in [-0.05, 0) is 31.7 Å². The molecule has 0 aromatic heterocycles. The van der Waals surface area contributed by atoms with Crippen LogP contribution in [0.1, 0.15) is 33.1 Å². The number of nitrogens with zero attached hydrogens (tertiary/aromatic N) is 1. The molecule has 0 heterocycles. The van der Waals surface area contributed by atoms with Crippen molar-refractivity contribution in [3.63, 3.8) is 0 Å². The van der Waals surface area contributed by atoms with Crippen LogP contribution >= 0.6 is 0 Å². The van der Waals surface area contributed by atoms with E-state index >= 15 is 0 Å². The Morgan fingerprint density at radius 2 is 2.12 bits per heavy atom. The van der Waals surface area contributed by atoms with E-state index in [9.17, 15) is 0 Å². The Morgan fingerprint density at radius 3 is 2.69 bits per heavy atom. The second-order valence-corrected chi connectivity index (χ2v) is 5.85. The van der Waals surface area contributed by atoms with Gasteiger partial charge in [0.05, 0.1) is 6.61 Å². The van der Waals surface area contributed by atoms with E-state index in [4.69, 9.17) is 4.74 Å². The third-order valence-corrected chi connectivity index (χ3v) is 3.57. The van der Waals surface area contributed by atoms with E-state index in [1.165, 1.54) is 19.3 Å². The topological polar surface area (TPSA) is 24.5 Å². The van der Waals surface area contributed by atoms with Crippen LogP contribution in [-0.2, 0) is 4.74 Å². The fraction of sp³-hybridized carbons (Fsp3) is 1.00. The Labute approximate surface area is 101 Å². The van der Waals surface area contributed by atoms with Crippen LogP contribution in [0.5, 0.6) is 0 Å². The highest BCUT2D eigenvalue weighted by Gasteiger charge is 2.30. The molecule has 1 aliphatic carbocycles. The van der Waals surface area contributed by atoms with Crippen LogP contribution < -0.4 is 5.32 Å². The van der Waals surface area contributed by atoms with Gasteiger partial charge in [-0.1, -0.05) is 13.8 Å². The molecule has 96 valence electrons. The molecule has 1 rings (SSSR count). The Kier molecular flexibility index (Phi) is 5.73. The molecule has 1 unspecified atom stereocenters. The molecule has 0 radical (unpaired) electrons. The summed E-state index contributed by atoms with van der Waals surface area (Å²) in [5.74, 6) is 0. The molecule has 0 aliphatic heterocycles. The molecule has 3 heteroatoms. The highest BCUT2D eigenvalue weighted by molar-refractivity contribution is 4.86. The maximum atomic E-state index is 5.06. The predicted octanol–water partition coefficient (Wildman–Crippen LogP) is 1.73. The zero-order valence-electron chi connectivity index (χ0n) is 11.4. The van der Waals surface area contributed by atoms with Crippen molar-refractivity contribution >= 4 is 0 Å². The number of hydrogen-bond donors (Lipinski definition) is 1. The van der Waals surface area contributed by atoms with E-state index in [0.717, 1.165) is 32.3 Å². The zero-order chi connectivity index (χ0) is 12.0. The second kappa shape index (κ2) is 6.58. The molecule has 0 saturated heterocycles. The van der Waals surface area contributed by atoms with Crippen LogP contribution in [0.3, 0.4) is 0 Å². The quantitative estimate of drug-likeness (QED) is 0.718. The van der Waals surface area contributed by atoms with Gasteiger partial charge in [-0.3, -0.25) is 0 Å². The number of likely N-dealkylation sites (N-methyl/N-ethyl adjacent to an activating group) is 1. The van der Waals surface area contributed by atoms with E-state index < -0.39 is 0 Å². The summed E-state index contributed by atoms with van der Waals surface area (Å²) < 4.78 is 5.06. The van der Waals surface area contributed by atoms with E-state index in [0.29, 0.717) is 5.41 Å². The second-order valence-electron chi connectivity index (χ2n) is 5.85. The first-order chi connectivity index (χ1) is 7.53. The van der Waals surface area contributed by atoms with Gasteiger partial charge in [-0.2, -0.15) is 0 Å². The standard InChI is InChI=1S/C13H28N2O/c1-13(2)6-5-12(11-13)14-7-8-15(3)9-10-16-4/h12,14H,5-11H2,1-4H3. The molecule has 3 nitrogen and oxygen atoms in total. The summed E-state index contributed by atoms with van der Waals surface area (Å²) in [5, 5.41) is 3.66. The Morgan fingerprint density at radius 1 is 1.38 bits per heavy atom. The first-order valence-corrected chi connectivity index (χ1v) is 6.44. The van der Waals surface area contributed by atoms with E-state index in [1.54, 1.807) is 7.11 Å². The summed E-state index contributed by atoms with van der Waals surface area (Å²) in [6.07, 6.45) is 4.04. The fourth-order valence-corrected chi connectivity index (χ4v) is 2.43. The van der Waals surface area contributed by atoms with Gasteiger partial charge in [0.1, 0.15) is 0 Å². The van der Waals surface area contributed by atoms with Crippen LogP contribution in [-0.4, -0.2) is 51.3 Å². The minimum Gasteiger partial charge on any atom is -0.383 e. The highest BCUT2D eigenvalue weighted by atomic mass is 16.5. The summed E-state index contributed by atoms with van der Waals surface area (Å²) in [6.45, 7) is 8.81. The van der Waals surface area contributed by atoms with Gasteiger partial charge in [0.2, 0.25) is 0 Å². The van der Waals surface area contributed by atoms with Crippen molar-refractivity contribution in [3.05, 3.63) is 0 Å². The van der Waals surface area contributed by atoms with Crippen LogP contribution in [0.4, 0.5) is 0 Å². The van der Waals surface area contributed by atoms with E-state index in [-0.39, 0.29) is 0 Å². The molecule has 0 aromatic rings. The van der Waals surface area contributed by atoms with Crippen molar-refractivity contribution < 1.29 is 4.74 Å². The SMILES string of the molecule is COCCN(C)CCNC1CCC(C)(C)C1. The monoisotopic (exact) mass is 228 g/mol. The van der Waals surface area contributed by atoms with Crippen LogP contribution in [0.15, 0.2) is 0 Å². The fourth-order valence-electron chi connectivity index (χ4n) is 2.43. The molecular weight excluding hydrogens is 200 g/mol. The number of nitrogens with one attached hydrogen (secondary N) is 1. The zero-order valence-corrected chi connectivity index (χ0v) is 11.4. The smallest absolute Gasteiger partial charge is 0.0589 e. The highest BCUT2D eigenvalue weighted by Crippen LogP contribution is 2.36. The van der Waals surface area contributed by atoms with Crippen molar-refractivity contribution in [2.75, 3.05) is 40.4 Å². The van der Waals surface area contributed by atoms with Gasteiger partial charge in [0.15, 0.2) is 0 Å². The molecule has 0 amide bonds. The normalized spacial score (nSPS) is 24.2. The van der Waals surface area contributed by atoms with Gasteiger partial charge in [0, 0.05) is 32.8 Å². The van der Waals surface area contributed by atoms with E-state index in [1.807, 2.05) is 0 Å². The average molecular weight is 228 g/mol. The van der Waals surface area contributed by atoms with Crippen molar-refractivity contribution in [2.45, 2.75) is 39.2 Å². The molecule has 1 N–H and O–H groups in total. The summed E-state index contributed by atoms with van der Waals surface area (Å²) in [6, 6.07) is 0.742. The van der Waals surface area contributed by atoms with Gasteiger partial charge in [-0.25, -0.2) is 0 Å². The largest absolute Gasteiger partial charge is 0.383 e. The lowest BCUT2D eigenvalue weighted by Crippen LogP contribution is -2.36. The van der Waals surface area contributed by atoms with Gasteiger partial charge < -0.3 is 15.0 Å². The molecule has 0 spiro atoms. The molecule has 1 aliphatic rings. The summed E-state index contributed by atoms with van der Waals surface area (Å²) in [5.41, 5.74) is 0.555. The molecule has 16 heavy (non-hydrogen) atoms. The van der Waals surface area contributed by atoms with Crippen molar-refractivity contribution in [2.24, 2.45) is 5.41 Å². The van der Waals surface area contributed by atoms with Crippen molar-refractivity contribution in [3.8, 4) is 0 Å². The summed E-state index contributed by atoms with van der Waals surface area (Å²) in [4.78, 5) is 2.32. The lowest BCUT2D eigenvalue weighted by atomic mass is 9.92. The van der Waals surface area contributed by atoms with Crippen molar-refractivity contribution in [1.29, 1.82) is 0 Å². The molecule has 1 fully saturated rings. The third-order valence-electron chi connectivity index (χ3n) is 3.57. The van der Waals surface area contributed by atoms with Crippen molar-refractivity contribution in [1.82, 2.24) is 10.2 Å². The first kappa shape index (κ1) is 13.9. The number of ether oxygens (including phenoxy) is 1. The maximum absolute atomic E-state index is 5.06. The van der Waals surface area contributed by atoms with Gasteiger partial charge in [0.25, 0.3) is 0 Å². The maximum Gasteiger partial charge on any atom is 0.0589 e. The predicted molar refractivity (Wildman–Crippen MR) is 68.8 cm³/mol. The minimum atomic E-state index is 0.555. The Balaban J connectivity index is 2.03. The molecule has 0 bridgehead atoms. The van der Waals surface area contributed by atoms with Gasteiger partial charge in [-0.15, -0.1) is 0 Å².